The molecule has 1 N–H and O–H groups in total. The summed E-state index contributed by atoms with van der Waals surface area (Å²) < 4.78 is 11.5. The Morgan fingerprint density at radius 1 is 0.944 bits per heavy atom. The number of hydrogen-bond acceptors (Lipinski definition) is 9. The molecule has 0 saturated heterocycles. The lowest BCUT2D eigenvalue weighted by Crippen LogP contribution is -2.13. The molecule has 4 heterocycles. The second-order valence-corrected chi connectivity index (χ2v) is 8.79. The van der Waals surface area contributed by atoms with Crippen LogP contribution in [-0.4, -0.2) is 33.1 Å². The molecule has 0 fully saturated rings. The van der Waals surface area contributed by atoms with E-state index in [-0.39, 0.29) is 11.9 Å². The number of para-hydroxylation sites is 1. The molecule has 4 aromatic heterocycles. The van der Waals surface area contributed by atoms with Crippen molar-refractivity contribution < 1.29 is 13.6 Å². The van der Waals surface area contributed by atoms with E-state index >= 15 is 0 Å². The topological polar surface area (TPSA) is 110 Å². The zero-order valence-electron chi connectivity index (χ0n) is 19.0. The van der Waals surface area contributed by atoms with Crippen molar-refractivity contribution in [2.24, 2.45) is 0 Å². The van der Waals surface area contributed by atoms with Gasteiger partial charge in [0.1, 0.15) is 0 Å². The van der Waals surface area contributed by atoms with Crippen molar-refractivity contribution in [3.05, 3.63) is 90.7 Å². The van der Waals surface area contributed by atoms with Crippen LogP contribution in [0.2, 0.25) is 0 Å². The molecular formula is C26H18N6O3S. The minimum atomic E-state index is -0.410. The first kappa shape index (κ1) is 21.7. The van der Waals surface area contributed by atoms with Crippen molar-refractivity contribution in [2.75, 3.05) is 17.3 Å². The van der Waals surface area contributed by atoms with Crippen molar-refractivity contribution in [1.82, 2.24) is 20.2 Å². The Morgan fingerprint density at radius 3 is 2.47 bits per heavy atom. The lowest BCUT2D eigenvalue weighted by Gasteiger charge is -2.14. The van der Waals surface area contributed by atoms with Gasteiger partial charge in [0.15, 0.2) is 16.5 Å². The van der Waals surface area contributed by atoms with E-state index < -0.39 is 5.91 Å². The molecule has 0 aliphatic rings. The lowest BCUT2D eigenvalue weighted by atomic mass is 10.1. The first-order chi connectivity index (χ1) is 17.7. The highest BCUT2D eigenvalue weighted by Gasteiger charge is 2.22. The van der Waals surface area contributed by atoms with E-state index in [1.165, 1.54) is 17.6 Å². The fourth-order valence-electron chi connectivity index (χ4n) is 3.67. The lowest BCUT2D eigenvalue weighted by molar-refractivity contribution is 0.102. The highest BCUT2D eigenvalue weighted by Crippen LogP contribution is 2.35. The number of hydrogen-bond donors (Lipinski definition) is 1. The summed E-state index contributed by atoms with van der Waals surface area (Å²) in [7, 11) is 1.93. The summed E-state index contributed by atoms with van der Waals surface area (Å²) in [5.74, 6) is 0.174. The van der Waals surface area contributed by atoms with Gasteiger partial charge in [0.2, 0.25) is 0 Å². The smallest absolute Gasteiger partial charge is 0.322 e. The molecule has 6 rings (SSSR count). The second kappa shape index (κ2) is 9.08. The minimum Gasteiger partial charge on any atom is -0.459 e. The van der Waals surface area contributed by atoms with Crippen molar-refractivity contribution in [2.45, 2.75) is 0 Å². The van der Waals surface area contributed by atoms with Gasteiger partial charge in [0.25, 0.3) is 11.8 Å². The summed E-state index contributed by atoms with van der Waals surface area (Å²) in [4.78, 5) is 24.9. The average molecular weight is 495 g/mol. The number of furan rings is 1. The number of pyridine rings is 1. The van der Waals surface area contributed by atoms with Gasteiger partial charge in [-0.05, 0) is 30.3 Å². The summed E-state index contributed by atoms with van der Waals surface area (Å²) in [6.07, 6.45) is 1.50. The third kappa shape index (κ3) is 4.10. The molecule has 176 valence electrons. The number of rotatable bonds is 6. The first-order valence-electron chi connectivity index (χ1n) is 11.0. The Bertz CT molecular complexity index is 1650. The molecule has 0 aliphatic carbocycles. The molecule has 9 nitrogen and oxygen atoms in total. The van der Waals surface area contributed by atoms with Crippen LogP contribution in [-0.2, 0) is 0 Å². The van der Waals surface area contributed by atoms with Crippen LogP contribution in [0.3, 0.4) is 0 Å². The highest BCUT2D eigenvalue weighted by atomic mass is 32.1. The maximum atomic E-state index is 13.4. The normalized spacial score (nSPS) is 11.0. The van der Waals surface area contributed by atoms with E-state index in [0.717, 1.165) is 11.3 Å². The largest absolute Gasteiger partial charge is 0.459 e. The molecule has 0 atom stereocenters. The number of anilines is 3. The number of carbonyl (C=O) groups is 1. The van der Waals surface area contributed by atoms with Gasteiger partial charge in [0, 0.05) is 18.3 Å². The molecule has 0 bridgehead atoms. The van der Waals surface area contributed by atoms with Gasteiger partial charge in [-0.1, -0.05) is 65.0 Å². The van der Waals surface area contributed by atoms with Crippen molar-refractivity contribution in [3.63, 3.8) is 0 Å². The second-order valence-electron chi connectivity index (χ2n) is 7.81. The maximum Gasteiger partial charge on any atom is 0.322 e. The molecule has 6 aromatic rings. The summed E-state index contributed by atoms with van der Waals surface area (Å²) in [5, 5.41) is 11.3. The van der Waals surface area contributed by atoms with E-state index in [1.54, 1.807) is 18.2 Å². The summed E-state index contributed by atoms with van der Waals surface area (Å²) in [5.41, 5.74) is 3.36. The van der Waals surface area contributed by atoms with Crippen LogP contribution in [0.25, 0.3) is 33.3 Å². The zero-order valence-corrected chi connectivity index (χ0v) is 19.8. The fraction of sp³-hybridized carbons (Fsp3) is 0.0385. The number of carbonyl (C=O) groups excluding carboxylic acids is 1. The summed E-state index contributed by atoms with van der Waals surface area (Å²) in [6.45, 7) is 0. The molecule has 0 spiro atoms. The first-order valence-corrected chi connectivity index (χ1v) is 11.8. The van der Waals surface area contributed by atoms with Crippen LogP contribution in [0.5, 0.6) is 0 Å². The minimum absolute atomic E-state index is 0.0382. The number of thiazole rings is 1. The van der Waals surface area contributed by atoms with Gasteiger partial charge >= 0.3 is 6.01 Å². The maximum absolute atomic E-state index is 13.4. The predicted molar refractivity (Wildman–Crippen MR) is 137 cm³/mol. The Balaban J connectivity index is 1.41. The molecule has 36 heavy (non-hydrogen) atoms. The van der Waals surface area contributed by atoms with Gasteiger partial charge in [-0.15, -0.1) is 5.10 Å². The van der Waals surface area contributed by atoms with Gasteiger partial charge in [-0.25, -0.2) is 4.98 Å². The molecule has 10 heteroatoms. The SMILES string of the molecule is CN(c1ccccc1)c1nc2nc(-c3ccccc3)cc(C(=O)Nc3nnc(-c4ccco4)o3)c2s1. The number of nitrogens with one attached hydrogen (secondary N) is 1. The molecule has 1 amide bonds. The van der Waals surface area contributed by atoms with E-state index in [0.29, 0.717) is 32.5 Å². The van der Waals surface area contributed by atoms with Gasteiger partial charge in [-0.2, -0.15) is 4.98 Å². The van der Waals surface area contributed by atoms with Crippen molar-refractivity contribution >= 4 is 44.4 Å². The summed E-state index contributed by atoms with van der Waals surface area (Å²) >= 11 is 1.38. The van der Waals surface area contributed by atoms with Crippen LogP contribution >= 0.6 is 11.3 Å². The molecule has 0 saturated carbocycles. The van der Waals surface area contributed by atoms with E-state index in [2.05, 4.69) is 15.5 Å². The van der Waals surface area contributed by atoms with Gasteiger partial charge in [0.05, 0.1) is 22.2 Å². The number of benzene rings is 2. The van der Waals surface area contributed by atoms with E-state index in [1.807, 2.05) is 72.6 Å². The molecule has 0 aliphatic heterocycles. The average Bonchev–Trinajstić information content (AvgIpc) is 3.69. The van der Waals surface area contributed by atoms with Crippen LogP contribution in [0.1, 0.15) is 10.4 Å². The number of nitrogens with zero attached hydrogens (tertiary/aromatic N) is 5. The Labute approximate surface area is 209 Å². The Hall–Kier alpha value is -4.83. The summed E-state index contributed by atoms with van der Waals surface area (Å²) in [6, 6.07) is 24.6. The van der Waals surface area contributed by atoms with Crippen molar-refractivity contribution in [3.8, 4) is 22.9 Å². The molecular weight excluding hydrogens is 476 g/mol. The number of aromatic nitrogens is 4. The molecule has 2 aromatic carbocycles. The zero-order chi connectivity index (χ0) is 24.5. The van der Waals surface area contributed by atoms with Gasteiger partial charge in [-0.3, -0.25) is 10.1 Å². The Kier molecular flexibility index (Phi) is 5.47. The third-order valence-electron chi connectivity index (χ3n) is 5.47. The molecule has 0 unspecified atom stereocenters. The van der Waals surface area contributed by atoms with Gasteiger partial charge < -0.3 is 13.7 Å². The third-order valence-corrected chi connectivity index (χ3v) is 6.63. The monoisotopic (exact) mass is 494 g/mol. The fourth-order valence-corrected chi connectivity index (χ4v) is 4.67. The quantitative estimate of drug-likeness (QED) is 0.299. The number of amides is 1. The van der Waals surface area contributed by atoms with Crippen LogP contribution in [0.15, 0.2) is 94.0 Å². The standard InChI is InChI=1S/C26H18N6O3S/c1-32(17-11-6-3-7-12-17)26-28-22-21(36-26)18(15-19(27-22)16-9-4-2-5-10-16)23(33)29-25-31-30-24(35-25)20-13-8-14-34-20/h2-15H,1H3,(H,29,31,33). The highest BCUT2D eigenvalue weighted by molar-refractivity contribution is 7.22. The van der Waals surface area contributed by atoms with Crippen LogP contribution in [0.4, 0.5) is 16.8 Å². The number of fused-ring (bicyclic) bond motifs is 1. The van der Waals surface area contributed by atoms with Crippen LogP contribution in [0, 0.1) is 0 Å². The molecule has 0 radical (unpaired) electrons. The van der Waals surface area contributed by atoms with Crippen molar-refractivity contribution in [1.29, 1.82) is 0 Å². The Morgan fingerprint density at radius 2 is 1.72 bits per heavy atom. The van der Waals surface area contributed by atoms with E-state index in [9.17, 15) is 4.79 Å². The van der Waals surface area contributed by atoms with Crippen LogP contribution < -0.4 is 10.2 Å². The van der Waals surface area contributed by atoms with E-state index in [4.69, 9.17) is 18.8 Å². The predicted octanol–water partition coefficient (Wildman–Crippen LogP) is 6.02.